The number of anilines is 1. The average molecular weight is 236 g/mol. The number of ether oxygens (including phenoxy) is 1. The number of hydrogen-bond acceptors (Lipinski definition) is 3. The van der Waals surface area contributed by atoms with E-state index in [1.165, 1.54) is 0 Å². The van der Waals surface area contributed by atoms with E-state index >= 15 is 0 Å². The molecule has 4 nitrogen and oxygen atoms in total. The molecule has 0 spiro atoms. The second-order valence-electron chi connectivity index (χ2n) is 3.76. The van der Waals surface area contributed by atoms with E-state index in [4.69, 9.17) is 4.74 Å². The monoisotopic (exact) mass is 236 g/mol. The molecular weight excluding hydrogens is 216 g/mol. The molecule has 0 aromatic heterocycles. The Labute approximate surface area is 102 Å². The minimum Gasteiger partial charge on any atom is -0.385 e. The van der Waals surface area contributed by atoms with Crippen LogP contribution in [0.25, 0.3) is 0 Å². The lowest BCUT2D eigenvalue weighted by Crippen LogP contribution is -2.23. The fourth-order valence-corrected chi connectivity index (χ4v) is 1.41. The molecule has 0 aliphatic rings. The Morgan fingerprint density at radius 3 is 2.71 bits per heavy atom. The molecule has 0 aliphatic heterocycles. The van der Waals surface area contributed by atoms with Gasteiger partial charge in [-0.25, -0.2) is 0 Å². The highest BCUT2D eigenvalue weighted by atomic mass is 16.5. The molecule has 2 N–H and O–H groups in total. The van der Waals surface area contributed by atoms with Crippen molar-refractivity contribution < 1.29 is 9.53 Å². The number of nitrogens with one attached hydrogen (secondary N) is 2. The van der Waals surface area contributed by atoms with Gasteiger partial charge in [0, 0.05) is 32.4 Å². The highest BCUT2D eigenvalue weighted by Gasteiger charge is 2.00. The van der Waals surface area contributed by atoms with Gasteiger partial charge in [-0.15, -0.1) is 0 Å². The zero-order chi connectivity index (χ0) is 12.3. The Bertz CT molecular complexity index is 314. The number of carbonyl (C=O) groups is 1. The van der Waals surface area contributed by atoms with E-state index in [1.54, 1.807) is 7.11 Å². The summed E-state index contributed by atoms with van der Waals surface area (Å²) < 4.78 is 4.93. The highest BCUT2D eigenvalue weighted by Crippen LogP contribution is 2.04. The number of amides is 1. The molecule has 0 unspecified atom stereocenters. The molecule has 17 heavy (non-hydrogen) atoms. The van der Waals surface area contributed by atoms with Gasteiger partial charge in [0.2, 0.25) is 5.91 Å². The third-order valence-electron chi connectivity index (χ3n) is 2.29. The predicted octanol–water partition coefficient (Wildman–Crippen LogP) is 1.64. The van der Waals surface area contributed by atoms with Gasteiger partial charge in [-0.2, -0.15) is 0 Å². The van der Waals surface area contributed by atoms with Crippen molar-refractivity contribution in [2.24, 2.45) is 0 Å². The zero-order valence-electron chi connectivity index (χ0n) is 10.2. The molecule has 0 saturated carbocycles. The summed E-state index contributed by atoms with van der Waals surface area (Å²) in [5.74, 6) is 0.0374. The van der Waals surface area contributed by atoms with Gasteiger partial charge >= 0.3 is 0 Å². The maximum Gasteiger partial charge on any atom is 0.225 e. The number of hydrogen-bond donors (Lipinski definition) is 2. The number of para-hydroxylation sites is 1. The Morgan fingerprint density at radius 2 is 2.00 bits per heavy atom. The quantitative estimate of drug-likeness (QED) is 0.675. The SMILES string of the molecule is COCCCNCCC(=O)Nc1ccccc1. The van der Waals surface area contributed by atoms with Gasteiger partial charge in [-0.3, -0.25) is 4.79 Å². The molecule has 0 atom stereocenters. The maximum absolute atomic E-state index is 11.5. The molecule has 0 fully saturated rings. The summed E-state index contributed by atoms with van der Waals surface area (Å²) >= 11 is 0. The molecule has 0 saturated heterocycles. The first kappa shape index (κ1) is 13.7. The van der Waals surface area contributed by atoms with Crippen LogP contribution in [0.15, 0.2) is 30.3 Å². The smallest absolute Gasteiger partial charge is 0.225 e. The van der Waals surface area contributed by atoms with E-state index in [-0.39, 0.29) is 5.91 Å². The number of methoxy groups -OCH3 is 1. The van der Waals surface area contributed by atoms with E-state index in [2.05, 4.69) is 10.6 Å². The lowest BCUT2D eigenvalue weighted by molar-refractivity contribution is -0.116. The Kier molecular flexibility index (Phi) is 7.02. The Morgan fingerprint density at radius 1 is 1.24 bits per heavy atom. The minimum absolute atomic E-state index is 0.0374. The van der Waals surface area contributed by atoms with Crippen LogP contribution in [-0.4, -0.2) is 32.7 Å². The second-order valence-corrected chi connectivity index (χ2v) is 3.76. The standard InChI is InChI=1S/C13H20N2O2/c1-17-11-5-9-14-10-8-13(16)15-12-6-3-2-4-7-12/h2-4,6-7,14H,5,8-11H2,1H3,(H,15,16). The molecule has 1 rings (SSSR count). The summed E-state index contributed by atoms with van der Waals surface area (Å²) in [6.45, 7) is 2.33. The normalized spacial score (nSPS) is 10.2. The van der Waals surface area contributed by atoms with Gasteiger partial charge in [-0.05, 0) is 25.1 Å². The third kappa shape index (κ3) is 6.71. The van der Waals surface area contributed by atoms with Gasteiger partial charge in [-0.1, -0.05) is 18.2 Å². The van der Waals surface area contributed by atoms with Gasteiger partial charge in [0.1, 0.15) is 0 Å². The molecule has 4 heteroatoms. The van der Waals surface area contributed by atoms with Crippen molar-refractivity contribution in [3.63, 3.8) is 0 Å². The Balaban J connectivity index is 2.06. The molecule has 1 amide bonds. The lowest BCUT2D eigenvalue weighted by atomic mass is 10.3. The van der Waals surface area contributed by atoms with Gasteiger partial charge in [0.05, 0.1) is 0 Å². The van der Waals surface area contributed by atoms with Crippen LogP contribution < -0.4 is 10.6 Å². The summed E-state index contributed by atoms with van der Waals surface area (Å²) in [7, 11) is 1.69. The number of rotatable bonds is 8. The van der Waals surface area contributed by atoms with Crippen LogP contribution in [0.5, 0.6) is 0 Å². The van der Waals surface area contributed by atoms with E-state index in [9.17, 15) is 4.79 Å². The third-order valence-corrected chi connectivity index (χ3v) is 2.29. The van der Waals surface area contributed by atoms with Crippen molar-refractivity contribution in [1.29, 1.82) is 0 Å². The van der Waals surface area contributed by atoms with Gasteiger partial charge in [0.25, 0.3) is 0 Å². The van der Waals surface area contributed by atoms with Crippen LogP contribution in [0.4, 0.5) is 5.69 Å². The van der Waals surface area contributed by atoms with E-state index < -0.39 is 0 Å². The number of carbonyl (C=O) groups excluding carboxylic acids is 1. The molecular formula is C13H20N2O2. The molecule has 1 aromatic carbocycles. The first-order chi connectivity index (χ1) is 8.33. The highest BCUT2D eigenvalue weighted by molar-refractivity contribution is 5.90. The van der Waals surface area contributed by atoms with Crippen LogP contribution in [0, 0.1) is 0 Å². The second kappa shape index (κ2) is 8.73. The number of benzene rings is 1. The van der Waals surface area contributed by atoms with Gasteiger partial charge < -0.3 is 15.4 Å². The van der Waals surface area contributed by atoms with Crippen LogP contribution in [0.1, 0.15) is 12.8 Å². The van der Waals surface area contributed by atoms with E-state index in [0.717, 1.165) is 25.3 Å². The fourth-order valence-electron chi connectivity index (χ4n) is 1.41. The lowest BCUT2D eigenvalue weighted by Gasteiger charge is -2.06. The molecule has 0 radical (unpaired) electrons. The largest absolute Gasteiger partial charge is 0.385 e. The first-order valence-electron chi connectivity index (χ1n) is 5.87. The van der Waals surface area contributed by atoms with Gasteiger partial charge in [0.15, 0.2) is 0 Å². The van der Waals surface area contributed by atoms with Crippen LogP contribution in [0.3, 0.4) is 0 Å². The maximum atomic E-state index is 11.5. The topological polar surface area (TPSA) is 50.4 Å². The van der Waals surface area contributed by atoms with Crippen LogP contribution in [-0.2, 0) is 9.53 Å². The van der Waals surface area contributed by atoms with Crippen molar-refractivity contribution in [3.8, 4) is 0 Å². The van der Waals surface area contributed by atoms with Crippen molar-refractivity contribution in [1.82, 2.24) is 5.32 Å². The molecule has 0 heterocycles. The van der Waals surface area contributed by atoms with Crippen molar-refractivity contribution >= 4 is 11.6 Å². The summed E-state index contributed by atoms with van der Waals surface area (Å²) in [6.07, 6.45) is 1.46. The van der Waals surface area contributed by atoms with Crippen LogP contribution in [0.2, 0.25) is 0 Å². The van der Waals surface area contributed by atoms with Crippen molar-refractivity contribution in [3.05, 3.63) is 30.3 Å². The predicted molar refractivity (Wildman–Crippen MR) is 69.1 cm³/mol. The summed E-state index contributed by atoms with van der Waals surface area (Å²) in [5.41, 5.74) is 0.844. The Hall–Kier alpha value is -1.39. The molecule has 1 aromatic rings. The summed E-state index contributed by atoms with van der Waals surface area (Å²) in [4.78, 5) is 11.5. The molecule has 94 valence electrons. The summed E-state index contributed by atoms with van der Waals surface area (Å²) in [6, 6.07) is 9.48. The molecule has 0 aliphatic carbocycles. The van der Waals surface area contributed by atoms with Crippen molar-refractivity contribution in [2.75, 3.05) is 32.1 Å². The van der Waals surface area contributed by atoms with Crippen molar-refractivity contribution in [2.45, 2.75) is 12.8 Å². The summed E-state index contributed by atoms with van der Waals surface area (Å²) in [5, 5.41) is 6.04. The first-order valence-corrected chi connectivity index (χ1v) is 5.87. The average Bonchev–Trinajstić information content (AvgIpc) is 2.35. The van der Waals surface area contributed by atoms with E-state index in [1.807, 2.05) is 30.3 Å². The van der Waals surface area contributed by atoms with E-state index in [0.29, 0.717) is 13.0 Å². The minimum atomic E-state index is 0.0374. The molecule has 0 bridgehead atoms. The van der Waals surface area contributed by atoms with Crippen LogP contribution >= 0.6 is 0 Å². The fraction of sp³-hybridized carbons (Fsp3) is 0.462. The zero-order valence-corrected chi connectivity index (χ0v) is 10.2.